The van der Waals surface area contributed by atoms with E-state index in [0.717, 1.165) is 25.0 Å². The molecule has 2 unspecified atom stereocenters. The van der Waals surface area contributed by atoms with Gasteiger partial charge >= 0.3 is 0 Å². The topological polar surface area (TPSA) is 41.5 Å². The van der Waals surface area contributed by atoms with E-state index in [1.165, 1.54) is 16.7 Å². The van der Waals surface area contributed by atoms with E-state index in [4.69, 9.17) is 4.74 Å². The van der Waals surface area contributed by atoms with Crippen LogP contribution in [0.2, 0.25) is 0 Å². The summed E-state index contributed by atoms with van der Waals surface area (Å²) in [6.45, 7) is 0.638. The molecule has 3 rings (SSSR count). The molecule has 0 bridgehead atoms. The molecule has 3 heteroatoms. The molecule has 3 nitrogen and oxygen atoms in total. The minimum Gasteiger partial charge on any atom is -0.497 e. The number of rotatable bonds is 6. The fourth-order valence-corrected chi connectivity index (χ4v) is 3.30. The summed E-state index contributed by atoms with van der Waals surface area (Å²) < 4.78 is 5.32. The van der Waals surface area contributed by atoms with Gasteiger partial charge in [0, 0.05) is 12.6 Å². The average molecular weight is 311 g/mol. The van der Waals surface area contributed by atoms with E-state index >= 15 is 0 Å². The summed E-state index contributed by atoms with van der Waals surface area (Å²) >= 11 is 0. The van der Waals surface area contributed by atoms with Gasteiger partial charge < -0.3 is 15.2 Å². The Morgan fingerprint density at radius 2 is 2.00 bits per heavy atom. The summed E-state index contributed by atoms with van der Waals surface area (Å²) in [7, 11) is 1.71. The lowest BCUT2D eigenvalue weighted by molar-refractivity contribution is 0.165. The van der Waals surface area contributed by atoms with Gasteiger partial charge in [-0.2, -0.15) is 0 Å². The van der Waals surface area contributed by atoms with Gasteiger partial charge in [-0.3, -0.25) is 0 Å². The molecule has 0 radical (unpaired) electrons. The van der Waals surface area contributed by atoms with Gasteiger partial charge in [-0.05, 0) is 54.5 Å². The van der Waals surface area contributed by atoms with Crippen molar-refractivity contribution in [1.29, 1.82) is 0 Å². The zero-order valence-corrected chi connectivity index (χ0v) is 13.7. The number of fused-ring (bicyclic) bond motifs is 1. The van der Waals surface area contributed by atoms with Gasteiger partial charge in [0.2, 0.25) is 0 Å². The first kappa shape index (κ1) is 16.0. The van der Waals surface area contributed by atoms with Crippen LogP contribution in [0.3, 0.4) is 0 Å². The van der Waals surface area contributed by atoms with Gasteiger partial charge in [-0.1, -0.05) is 36.4 Å². The second-order valence-corrected chi connectivity index (χ2v) is 6.33. The number of methoxy groups -OCH3 is 1. The Balaban J connectivity index is 1.51. The molecule has 0 spiro atoms. The van der Waals surface area contributed by atoms with Gasteiger partial charge in [0.05, 0.1) is 13.2 Å². The quantitative estimate of drug-likeness (QED) is 0.862. The van der Waals surface area contributed by atoms with Crippen LogP contribution in [0.1, 0.15) is 23.1 Å². The molecule has 0 aromatic heterocycles. The minimum atomic E-state index is -0.343. The van der Waals surface area contributed by atoms with Crippen LogP contribution >= 0.6 is 0 Å². The van der Waals surface area contributed by atoms with Crippen LogP contribution in [-0.4, -0.2) is 30.9 Å². The third kappa shape index (κ3) is 4.34. The number of ether oxygens (including phenoxy) is 1. The zero-order valence-electron chi connectivity index (χ0n) is 13.7. The number of aryl methyl sites for hydroxylation is 1. The van der Waals surface area contributed by atoms with E-state index in [0.29, 0.717) is 19.0 Å². The van der Waals surface area contributed by atoms with E-state index < -0.39 is 0 Å². The molecule has 23 heavy (non-hydrogen) atoms. The standard InChI is InChI=1S/C20H25NO2/c1-23-20-10-8-16-7-9-18(12-17(16)13-20)21-14-19(22)11-15-5-3-2-4-6-15/h2-6,8,10,13,18-19,21-22H,7,9,11-12,14H2,1H3. The summed E-state index contributed by atoms with van der Waals surface area (Å²) in [5.74, 6) is 0.925. The molecule has 2 N–H and O–H groups in total. The number of hydrogen-bond donors (Lipinski definition) is 2. The van der Waals surface area contributed by atoms with Crippen LogP contribution in [0.25, 0.3) is 0 Å². The van der Waals surface area contributed by atoms with Crippen molar-refractivity contribution >= 4 is 0 Å². The van der Waals surface area contributed by atoms with E-state index in [9.17, 15) is 5.11 Å². The van der Waals surface area contributed by atoms with E-state index in [1.807, 2.05) is 24.3 Å². The maximum Gasteiger partial charge on any atom is 0.119 e. The number of benzene rings is 2. The summed E-state index contributed by atoms with van der Waals surface area (Å²) in [5.41, 5.74) is 3.97. The molecule has 0 aliphatic heterocycles. The summed E-state index contributed by atoms with van der Waals surface area (Å²) in [5, 5.41) is 13.8. The molecule has 1 aliphatic carbocycles. The Morgan fingerprint density at radius 1 is 1.17 bits per heavy atom. The normalized spacial score (nSPS) is 18.3. The fraction of sp³-hybridized carbons (Fsp3) is 0.400. The SMILES string of the molecule is COc1ccc2c(c1)CC(NCC(O)Cc1ccccc1)CC2. The second kappa shape index (κ2) is 7.62. The van der Waals surface area contributed by atoms with Gasteiger partial charge in [-0.25, -0.2) is 0 Å². The second-order valence-electron chi connectivity index (χ2n) is 6.33. The predicted molar refractivity (Wildman–Crippen MR) is 93.0 cm³/mol. The lowest BCUT2D eigenvalue weighted by Gasteiger charge is -2.27. The van der Waals surface area contributed by atoms with E-state index in [1.54, 1.807) is 7.11 Å². The van der Waals surface area contributed by atoms with Gasteiger partial charge in [0.25, 0.3) is 0 Å². The Bertz CT molecular complexity index is 627. The van der Waals surface area contributed by atoms with Crippen LogP contribution in [0.4, 0.5) is 0 Å². The number of aliphatic hydroxyl groups is 1. The maximum atomic E-state index is 10.2. The molecule has 0 fully saturated rings. The number of hydrogen-bond acceptors (Lipinski definition) is 3. The van der Waals surface area contributed by atoms with Crippen LogP contribution in [0.15, 0.2) is 48.5 Å². The van der Waals surface area contributed by atoms with E-state index in [2.05, 4.69) is 29.6 Å². The van der Waals surface area contributed by atoms with Crippen LogP contribution in [0.5, 0.6) is 5.75 Å². The van der Waals surface area contributed by atoms with Crippen LogP contribution in [0, 0.1) is 0 Å². The summed E-state index contributed by atoms with van der Waals surface area (Å²) in [6.07, 6.45) is 3.57. The predicted octanol–water partition coefficient (Wildman–Crippen LogP) is 2.75. The molecule has 1 aliphatic rings. The Labute approximate surface area is 138 Å². The lowest BCUT2D eigenvalue weighted by Crippen LogP contribution is -2.39. The van der Waals surface area contributed by atoms with E-state index in [-0.39, 0.29) is 6.10 Å². The van der Waals surface area contributed by atoms with Crippen molar-refractivity contribution in [2.24, 2.45) is 0 Å². The van der Waals surface area contributed by atoms with Crippen molar-refractivity contribution in [3.63, 3.8) is 0 Å². The molecular weight excluding hydrogens is 286 g/mol. The fourth-order valence-electron chi connectivity index (χ4n) is 3.30. The highest BCUT2D eigenvalue weighted by Gasteiger charge is 2.19. The molecule has 0 heterocycles. The first-order valence-corrected chi connectivity index (χ1v) is 8.36. The van der Waals surface area contributed by atoms with Crippen molar-refractivity contribution < 1.29 is 9.84 Å². The highest BCUT2D eigenvalue weighted by Crippen LogP contribution is 2.25. The highest BCUT2D eigenvalue weighted by molar-refractivity contribution is 5.37. The minimum absolute atomic E-state index is 0.343. The largest absolute Gasteiger partial charge is 0.497 e. The van der Waals surface area contributed by atoms with Gasteiger partial charge in [0.15, 0.2) is 0 Å². The summed E-state index contributed by atoms with van der Waals surface area (Å²) in [4.78, 5) is 0. The number of aliphatic hydroxyl groups excluding tert-OH is 1. The third-order valence-electron chi connectivity index (χ3n) is 4.60. The molecule has 2 aromatic rings. The van der Waals surface area contributed by atoms with Crippen molar-refractivity contribution in [2.45, 2.75) is 37.8 Å². The molecule has 2 aromatic carbocycles. The average Bonchev–Trinajstić information content (AvgIpc) is 2.60. The Hall–Kier alpha value is -1.84. The maximum absolute atomic E-state index is 10.2. The smallest absolute Gasteiger partial charge is 0.119 e. The number of nitrogens with one attached hydrogen (secondary N) is 1. The Kier molecular flexibility index (Phi) is 5.31. The van der Waals surface area contributed by atoms with Crippen molar-refractivity contribution in [1.82, 2.24) is 5.32 Å². The van der Waals surface area contributed by atoms with Crippen molar-refractivity contribution in [2.75, 3.05) is 13.7 Å². The molecule has 0 saturated carbocycles. The highest BCUT2D eigenvalue weighted by atomic mass is 16.5. The Morgan fingerprint density at radius 3 is 2.78 bits per heavy atom. The lowest BCUT2D eigenvalue weighted by atomic mass is 9.88. The molecular formula is C20H25NO2. The van der Waals surface area contributed by atoms with Gasteiger partial charge in [-0.15, -0.1) is 0 Å². The molecule has 0 saturated heterocycles. The third-order valence-corrected chi connectivity index (χ3v) is 4.60. The first-order valence-electron chi connectivity index (χ1n) is 8.36. The first-order chi connectivity index (χ1) is 11.2. The zero-order chi connectivity index (χ0) is 16.1. The van der Waals surface area contributed by atoms with Crippen molar-refractivity contribution in [3.8, 4) is 5.75 Å². The monoisotopic (exact) mass is 311 g/mol. The summed E-state index contributed by atoms with van der Waals surface area (Å²) in [6, 6.07) is 16.9. The molecule has 2 atom stereocenters. The van der Waals surface area contributed by atoms with Gasteiger partial charge in [0.1, 0.15) is 5.75 Å². The van der Waals surface area contributed by atoms with Crippen LogP contribution in [-0.2, 0) is 19.3 Å². The van der Waals surface area contributed by atoms with Crippen LogP contribution < -0.4 is 10.1 Å². The molecule has 0 amide bonds. The van der Waals surface area contributed by atoms with Crippen molar-refractivity contribution in [3.05, 3.63) is 65.2 Å². The molecule has 122 valence electrons.